The predicted molar refractivity (Wildman–Crippen MR) is 135 cm³/mol. The Morgan fingerprint density at radius 3 is 2.42 bits per heavy atom. The van der Waals surface area contributed by atoms with Crippen molar-refractivity contribution in [2.75, 3.05) is 18.0 Å². The number of carboxylic acids is 1. The van der Waals surface area contributed by atoms with E-state index < -0.39 is 17.7 Å². The molecule has 33 heavy (non-hydrogen) atoms. The standard InChI is InChI=1S/C28H34N2O3/c1-8-13-29-14-15-30-18(3)16-21-23(20-11-9-17(2)10-12-20)22(19(4)24(29)25(21)30)26(27(31)32)33-28(5,6)7/h8-12,16,26H,1,13-15H2,2-7H3,(H,31,32)/t26-/m0/s1. The second-order valence-electron chi connectivity index (χ2n) is 10.0. The van der Waals surface area contributed by atoms with Gasteiger partial charge in [-0.1, -0.05) is 35.9 Å². The Labute approximate surface area is 196 Å². The Kier molecular flexibility index (Phi) is 5.87. The molecule has 5 nitrogen and oxygen atoms in total. The first-order chi connectivity index (χ1) is 15.5. The van der Waals surface area contributed by atoms with Crippen molar-refractivity contribution in [2.45, 2.75) is 59.8 Å². The van der Waals surface area contributed by atoms with E-state index in [1.807, 2.05) is 33.8 Å². The van der Waals surface area contributed by atoms with E-state index in [1.165, 1.54) is 5.69 Å². The van der Waals surface area contributed by atoms with Gasteiger partial charge in [-0.15, -0.1) is 6.58 Å². The second kappa shape index (κ2) is 8.38. The van der Waals surface area contributed by atoms with Crippen LogP contribution in [0.3, 0.4) is 0 Å². The summed E-state index contributed by atoms with van der Waals surface area (Å²) >= 11 is 0. The number of aryl methyl sites for hydroxylation is 2. The summed E-state index contributed by atoms with van der Waals surface area (Å²) in [5, 5.41) is 11.4. The molecule has 0 spiro atoms. The van der Waals surface area contributed by atoms with Crippen LogP contribution in [0.4, 0.5) is 5.69 Å². The van der Waals surface area contributed by atoms with Crippen molar-refractivity contribution in [2.24, 2.45) is 0 Å². The maximum absolute atomic E-state index is 12.6. The molecule has 2 aromatic carbocycles. The third-order valence-electron chi connectivity index (χ3n) is 6.38. The highest BCUT2D eigenvalue weighted by atomic mass is 16.5. The number of rotatable bonds is 6. The molecule has 2 heterocycles. The molecule has 1 aliphatic heterocycles. The van der Waals surface area contributed by atoms with Gasteiger partial charge < -0.3 is 19.3 Å². The molecule has 1 aromatic heterocycles. The maximum atomic E-state index is 12.6. The number of carboxylic acid groups (broad SMARTS) is 1. The third kappa shape index (κ3) is 4.06. The molecule has 0 aliphatic carbocycles. The monoisotopic (exact) mass is 446 g/mol. The molecule has 1 atom stereocenters. The average Bonchev–Trinajstić information content (AvgIpc) is 3.06. The van der Waals surface area contributed by atoms with Crippen LogP contribution in [-0.2, 0) is 16.1 Å². The summed E-state index contributed by atoms with van der Waals surface area (Å²) in [6, 6.07) is 10.5. The molecule has 174 valence electrons. The lowest BCUT2D eigenvalue weighted by Gasteiger charge is -2.35. The first-order valence-electron chi connectivity index (χ1n) is 11.5. The van der Waals surface area contributed by atoms with E-state index in [1.54, 1.807) is 0 Å². The molecule has 5 heteroatoms. The van der Waals surface area contributed by atoms with Gasteiger partial charge in [0.25, 0.3) is 0 Å². The SMILES string of the molecule is C=CCN1CCn2c(C)cc3c(-c4ccc(C)cc4)c([C@H](OC(C)(C)C)C(=O)O)c(C)c1c32. The first-order valence-corrected chi connectivity index (χ1v) is 11.5. The molecule has 0 amide bonds. The molecular weight excluding hydrogens is 412 g/mol. The van der Waals surface area contributed by atoms with Gasteiger partial charge in [0.15, 0.2) is 6.10 Å². The van der Waals surface area contributed by atoms with E-state index in [-0.39, 0.29) is 0 Å². The highest BCUT2D eigenvalue weighted by Crippen LogP contribution is 2.47. The van der Waals surface area contributed by atoms with Gasteiger partial charge in [0.2, 0.25) is 0 Å². The van der Waals surface area contributed by atoms with Crippen LogP contribution in [0.1, 0.15) is 49.3 Å². The van der Waals surface area contributed by atoms with E-state index >= 15 is 0 Å². The second-order valence-corrected chi connectivity index (χ2v) is 10.0. The van der Waals surface area contributed by atoms with E-state index in [9.17, 15) is 9.90 Å². The fourth-order valence-corrected chi connectivity index (χ4v) is 5.05. The lowest BCUT2D eigenvalue weighted by Crippen LogP contribution is -2.34. The van der Waals surface area contributed by atoms with E-state index in [0.29, 0.717) is 6.54 Å². The van der Waals surface area contributed by atoms with E-state index in [4.69, 9.17) is 4.74 Å². The first kappa shape index (κ1) is 23.1. The van der Waals surface area contributed by atoms with E-state index in [0.717, 1.165) is 57.5 Å². The van der Waals surface area contributed by atoms with Crippen molar-refractivity contribution in [3.63, 3.8) is 0 Å². The molecule has 0 bridgehead atoms. The van der Waals surface area contributed by atoms with Gasteiger partial charge in [-0.2, -0.15) is 0 Å². The van der Waals surface area contributed by atoms with Crippen molar-refractivity contribution < 1.29 is 14.6 Å². The number of benzene rings is 2. The Balaban J connectivity index is 2.16. The van der Waals surface area contributed by atoms with Gasteiger partial charge in [-0.05, 0) is 64.3 Å². The van der Waals surface area contributed by atoms with Crippen LogP contribution in [-0.4, -0.2) is 34.3 Å². The molecular formula is C28H34N2O3. The number of aliphatic carboxylic acids is 1. The summed E-state index contributed by atoms with van der Waals surface area (Å²) in [7, 11) is 0. The topological polar surface area (TPSA) is 54.7 Å². The number of hydrogen-bond donors (Lipinski definition) is 1. The maximum Gasteiger partial charge on any atom is 0.337 e. The molecule has 1 aliphatic rings. The van der Waals surface area contributed by atoms with Crippen LogP contribution in [0.25, 0.3) is 22.0 Å². The predicted octanol–water partition coefficient (Wildman–Crippen LogP) is 6.18. The number of ether oxygens (including phenoxy) is 1. The zero-order chi connectivity index (χ0) is 24.1. The minimum atomic E-state index is -1.09. The minimum Gasteiger partial charge on any atom is -0.479 e. The minimum absolute atomic E-state index is 0.616. The molecule has 1 N–H and O–H groups in total. The Morgan fingerprint density at radius 2 is 1.85 bits per heavy atom. The van der Waals surface area contributed by atoms with Crippen LogP contribution in [0.15, 0.2) is 43.0 Å². The van der Waals surface area contributed by atoms with Crippen molar-refractivity contribution in [1.82, 2.24) is 4.57 Å². The number of anilines is 1. The van der Waals surface area contributed by atoms with Crippen LogP contribution >= 0.6 is 0 Å². The summed E-state index contributed by atoms with van der Waals surface area (Å²) in [5.74, 6) is -0.977. The Bertz CT molecular complexity index is 1230. The molecule has 0 fully saturated rings. The number of hydrogen-bond acceptors (Lipinski definition) is 3. The smallest absolute Gasteiger partial charge is 0.337 e. The molecule has 3 aromatic rings. The summed E-state index contributed by atoms with van der Waals surface area (Å²) in [6.07, 6.45) is 0.822. The molecule has 4 rings (SSSR count). The zero-order valence-corrected chi connectivity index (χ0v) is 20.5. The molecule has 0 unspecified atom stereocenters. The summed E-state index contributed by atoms with van der Waals surface area (Å²) in [6.45, 7) is 18.3. The Hall–Kier alpha value is -3.05. The van der Waals surface area contributed by atoms with Gasteiger partial charge >= 0.3 is 5.97 Å². The lowest BCUT2D eigenvalue weighted by atomic mass is 9.87. The number of nitrogens with zero attached hydrogens (tertiary/aromatic N) is 2. The zero-order valence-electron chi connectivity index (χ0n) is 20.5. The van der Waals surface area contributed by atoms with Gasteiger partial charge in [0.1, 0.15) is 0 Å². The van der Waals surface area contributed by atoms with Gasteiger partial charge in [0.05, 0.1) is 16.8 Å². The quantitative estimate of drug-likeness (QED) is 0.459. The van der Waals surface area contributed by atoms with Crippen molar-refractivity contribution in [3.8, 4) is 11.1 Å². The van der Waals surface area contributed by atoms with Gasteiger partial charge in [-0.3, -0.25) is 0 Å². The number of carbonyl (C=O) groups is 1. The lowest BCUT2D eigenvalue weighted by molar-refractivity contribution is -0.160. The molecule has 0 saturated carbocycles. The fraction of sp³-hybridized carbons (Fsp3) is 0.393. The average molecular weight is 447 g/mol. The van der Waals surface area contributed by atoms with Gasteiger partial charge in [0, 0.05) is 36.3 Å². The fourth-order valence-electron chi connectivity index (χ4n) is 5.05. The van der Waals surface area contributed by atoms with Crippen LogP contribution in [0.2, 0.25) is 0 Å². The highest BCUT2D eigenvalue weighted by molar-refractivity contribution is 6.07. The highest BCUT2D eigenvalue weighted by Gasteiger charge is 2.35. The Morgan fingerprint density at radius 1 is 1.18 bits per heavy atom. The largest absolute Gasteiger partial charge is 0.479 e. The van der Waals surface area contributed by atoms with Crippen LogP contribution in [0.5, 0.6) is 0 Å². The summed E-state index contributed by atoms with van der Waals surface area (Å²) in [4.78, 5) is 14.9. The normalized spacial score (nSPS) is 14.5. The molecule has 0 saturated heterocycles. The number of aromatic nitrogens is 1. The van der Waals surface area contributed by atoms with Crippen LogP contribution in [0, 0.1) is 20.8 Å². The van der Waals surface area contributed by atoms with Crippen molar-refractivity contribution in [3.05, 3.63) is 65.4 Å². The van der Waals surface area contributed by atoms with Crippen molar-refractivity contribution in [1.29, 1.82) is 0 Å². The molecule has 0 radical (unpaired) electrons. The van der Waals surface area contributed by atoms with Crippen LogP contribution < -0.4 is 4.90 Å². The third-order valence-corrected chi connectivity index (χ3v) is 6.38. The summed E-state index contributed by atoms with van der Waals surface area (Å²) in [5.41, 5.74) is 7.62. The summed E-state index contributed by atoms with van der Waals surface area (Å²) < 4.78 is 8.57. The van der Waals surface area contributed by atoms with Crippen molar-refractivity contribution >= 4 is 22.6 Å². The van der Waals surface area contributed by atoms with Gasteiger partial charge in [-0.25, -0.2) is 4.79 Å². The van der Waals surface area contributed by atoms with E-state index in [2.05, 4.69) is 60.2 Å².